The topological polar surface area (TPSA) is 75.4 Å². The van der Waals surface area contributed by atoms with Crippen molar-refractivity contribution in [2.24, 2.45) is 11.7 Å². The third-order valence-electron chi connectivity index (χ3n) is 6.87. The molecule has 2 aromatic rings. The van der Waals surface area contributed by atoms with E-state index in [1.807, 2.05) is 11.0 Å². The number of carbonyl (C=O) groups excluding carboxylic acids is 2. The lowest BCUT2D eigenvalue weighted by atomic mass is 9.82. The number of carbonyl (C=O) groups is 2. The monoisotopic (exact) mass is 459 g/mol. The Morgan fingerprint density at radius 1 is 1.00 bits per heavy atom. The van der Waals surface area contributed by atoms with E-state index in [9.17, 15) is 22.8 Å². The molecule has 2 unspecified atom stereocenters. The van der Waals surface area contributed by atoms with Gasteiger partial charge in [0, 0.05) is 42.7 Å². The third kappa shape index (κ3) is 5.21. The highest BCUT2D eigenvalue weighted by molar-refractivity contribution is 5.94. The van der Waals surface area contributed by atoms with Crippen LogP contribution in [0.15, 0.2) is 42.5 Å². The first kappa shape index (κ1) is 23.3. The number of hydrogen-bond donors (Lipinski definition) is 2. The van der Waals surface area contributed by atoms with E-state index in [-0.39, 0.29) is 54.8 Å². The average molecular weight is 460 g/mol. The molecular formula is C25H28F3N3O2. The number of fused-ring (bicyclic) bond motifs is 2. The molecule has 5 nitrogen and oxygen atoms in total. The van der Waals surface area contributed by atoms with E-state index >= 15 is 0 Å². The molecule has 2 heterocycles. The molecule has 2 aliphatic rings. The highest BCUT2D eigenvalue weighted by Gasteiger charge is 2.44. The van der Waals surface area contributed by atoms with E-state index < -0.39 is 23.5 Å². The van der Waals surface area contributed by atoms with Gasteiger partial charge >= 0.3 is 0 Å². The smallest absolute Gasteiger partial charge is 0.251 e. The molecule has 2 amide bonds. The van der Waals surface area contributed by atoms with Gasteiger partial charge in [-0.2, -0.15) is 0 Å². The van der Waals surface area contributed by atoms with E-state index in [0.29, 0.717) is 24.5 Å². The normalized spacial score (nSPS) is 22.8. The summed E-state index contributed by atoms with van der Waals surface area (Å²) in [5.41, 5.74) is 6.97. The van der Waals surface area contributed by atoms with Gasteiger partial charge in [0.15, 0.2) is 11.6 Å². The minimum atomic E-state index is -1.21. The van der Waals surface area contributed by atoms with Crippen molar-refractivity contribution >= 4 is 11.8 Å². The molecule has 8 heteroatoms. The molecule has 4 atom stereocenters. The molecule has 176 valence electrons. The van der Waals surface area contributed by atoms with Gasteiger partial charge in [-0.1, -0.05) is 18.2 Å². The summed E-state index contributed by atoms with van der Waals surface area (Å²) in [7, 11) is 0. The Morgan fingerprint density at radius 2 is 1.64 bits per heavy atom. The van der Waals surface area contributed by atoms with Gasteiger partial charge in [-0.25, -0.2) is 13.2 Å². The maximum Gasteiger partial charge on any atom is 0.251 e. The fourth-order valence-corrected chi connectivity index (χ4v) is 5.22. The average Bonchev–Trinajstić information content (AvgIpc) is 3.07. The summed E-state index contributed by atoms with van der Waals surface area (Å²) in [6, 6.07) is 9.99. The zero-order valence-corrected chi connectivity index (χ0v) is 18.3. The first-order chi connectivity index (χ1) is 15.8. The Balaban J connectivity index is 1.30. The number of halogens is 3. The van der Waals surface area contributed by atoms with Crippen LogP contribution >= 0.6 is 0 Å². The quantitative estimate of drug-likeness (QED) is 0.622. The molecule has 2 aromatic carbocycles. The predicted molar refractivity (Wildman–Crippen MR) is 118 cm³/mol. The van der Waals surface area contributed by atoms with Crippen LogP contribution in [0.4, 0.5) is 13.2 Å². The molecular weight excluding hydrogens is 431 g/mol. The molecule has 0 saturated carbocycles. The van der Waals surface area contributed by atoms with Crippen LogP contribution in [0.25, 0.3) is 0 Å². The zero-order valence-electron chi connectivity index (χ0n) is 18.3. The van der Waals surface area contributed by atoms with Crippen LogP contribution < -0.4 is 11.1 Å². The summed E-state index contributed by atoms with van der Waals surface area (Å²) in [5, 5.41) is 2.79. The molecule has 2 fully saturated rings. The van der Waals surface area contributed by atoms with E-state index in [4.69, 9.17) is 5.73 Å². The number of benzene rings is 2. The molecule has 4 rings (SSSR count). The second kappa shape index (κ2) is 9.95. The number of hydrogen-bond acceptors (Lipinski definition) is 3. The maximum atomic E-state index is 14.0. The Bertz CT molecular complexity index is 1000. The SMILES string of the molecule is N[C@H](Cc1cc(F)c(F)cc1F)C1CC2CC[C@H](C1)N2C(=O)CCNC(=O)c1ccccc1. The number of amides is 2. The summed E-state index contributed by atoms with van der Waals surface area (Å²) in [4.78, 5) is 27.0. The van der Waals surface area contributed by atoms with E-state index in [2.05, 4.69) is 5.32 Å². The van der Waals surface area contributed by atoms with Crippen molar-refractivity contribution in [3.8, 4) is 0 Å². The van der Waals surface area contributed by atoms with Crippen molar-refractivity contribution in [2.75, 3.05) is 6.54 Å². The van der Waals surface area contributed by atoms with Gasteiger partial charge in [-0.15, -0.1) is 0 Å². The molecule has 2 aliphatic heterocycles. The first-order valence-electron chi connectivity index (χ1n) is 11.4. The summed E-state index contributed by atoms with van der Waals surface area (Å²) in [6.45, 7) is 0.265. The lowest BCUT2D eigenvalue weighted by Gasteiger charge is -2.41. The van der Waals surface area contributed by atoms with Crippen LogP contribution in [-0.2, 0) is 11.2 Å². The van der Waals surface area contributed by atoms with Crippen molar-refractivity contribution in [1.82, 2.24) is 10.2 Å². The Kier molecular flexibility index (Phi) is 7.02. The van der Waals surface area contributed by atoms with Gasteiger partial charge in [0.25, 0.3) is 5.91 Å². The summed E-state index contributed by atoms with van der Waals surface area (Å²) < 4.78 is 40.7. The molecule has 33 heavy (non-hydrogen) atoms. The molecule has 0 radical (unpaired) electrons. The van der Waals surface area contributed by atoms with Crippen LogP contribution in [0.2, 0.25) is 0 Å². The standard InChI is InChI=1S/C25H28F3N3O2/c26-20-14-22(28)21(27)12-16(20)13-23(29)17-10-18-6-7-19(11-17)31(18)24(32)8-9-30-25(33)15-4-2-1-3-5-15/h1-5,12,14,17-19,23H,6-11,13,29H2,(H,30,33)/t17?,18-,19?,23-/m1/s1. The second-order valence-electron chi connectivity index (χ2n) is 9.02. The fourth-order valence-electron chi connectivity index (χ4n) is 5.22. The Morgan fingerprint density at radius 3 is 2.30 bits per heavy atom. The molecule has 3 N–H and O–H groups in total. The molecule has 0 spiro atoms. The van der Waals surface area contributed by atoms with Crippen LogP contribution in [0.1, 0.15) is 48.0 Å². The maximum absolute atomic E-state index is 14.0. The third-order valence-corrected chi connectivity index (χ3v) is 6.87. The first-order valence-corrected chi connectivity index (χ1v) is 11.4. The van der Waals surface area contributed by atoms with Gasteiger partial charge in [0.1, 0.15) is 5.82 Å². The molecule has 2 saturated heterocycles. The Labute approximate surface area is 191 Å². The number of piperidine rings is 1. The second-order valence-corrected chi connectivity index (χ2v) is 9.02. The van der Waals surface area contributed by atoms with Crippen LogP contribution in [0.5, 0.6) is 0 Å². The van der Waals surface area contributed by atoms with Crippen LogP contribution in [-0.4, -0.2) is 41.4 Å². The zero-order chi connectivity index (χ0) is 23.5. The van der Waals surface area contributed by atoms with Gasteiger partial charge in [0.2, 0.25) is 5.91 Å². The van der Waals surface area contributed by atoms with Crippen molar-refractivity contribution in [3.05, 3.63) is 71.0 Å². The highest BCUT2D eigenvalue weighted by Crippen LogP contribution is 2.40. The van der Waals surface area contributed by atoms with Crippen LogP contribution in [0.3, 0.4) is 0 Å². The fraction of sp³-hybridized carbons (Fsp3) is 0.440. The largest absolute Gasteiger partial charge is 0.352 e. The van der Waals surface area contributed by atoms with Crippen LogP contribution in [0, 0.1) is 23.4 Å². The minimum absolute atomic E-state index is 0.00883. The number of nitrogens with zero attached hydrogens (tertiary/aromatic N) is 1. The lowest BCUT2D eigenvalue weighted by molar-refractivity contribution is -0.136. The van der Waals surface area contributed by atoms with E-state index in [1.54, 1.807) is 24.3 Å². The molecule has 2 bridgehead atoms. The molecule has 0 aromatic heterocycles. The predicted octanol–water partition coefficient (Wildman–Crippen LogP) is 3.56. The van der Waals surface area contributed by atoms with Gasteiger partial charge < -0.3 is 16.0 Å². The Hall–Kier alpha value is -2.87. The van der Waals surface area contributed by atoms with Crippen molar-refractivity contribution in [3.63, 3.8) is 0 Å². The minimum Gasteiger partial charge on any atom is -0.352 e. The van der Waals surface area contributed by atoms with Crippen molar-refractivity contribution < 1.29 is 22.8 Å². The van der Waals surface area contributed by atoms with Gasteiger partial charge in [-0.05, 0) is 61.8 Å². The number of rotatable bonds is 7. The van der Waals surface area contributed by atoms with Crippen molar-refractivity contribution in [1.29, 1.82) is 0 Å². The summed E-state index contributed by atoms with van der Waals surface area (Å²) >= 11 is 0. The lowest BCUT2D eigenvalue weighted by Crippen LogP contribution is -2.50. The van der Waals surface area contributed by atoms with Crippen molar-refractivity contribution in [2.45, 2.75) is 56.7 Å². The summed E-state index contributed by atoms with van der Waals surface area (Å²) in [6.07, 6.45) is 3.51. The highest BCUT2D eigenvalue weighted by atomic mass is 19.2. The van der Waals surface area contributed by atoms with Gasteiger partial charge in [-0.3, -0.25) is 9.59 Å². The number of nitrogens with two attached hydrogens (primary N) is 1. The molecule has 0 aliphatic carbocycles. The summed E-state index contributed by atoms with van der Waals surface area (Å²) in [5.74, 6) is -3.22. The number of nitrogens with one attached hydrogen (secondary N) is 1. The van der Waals surface area contributed by atoms with Gasteiger partial charge in [0.05, 0.1) is 0 Å². The van der Waals surface area contributed by atoms with E-state index in [0.717, 1.165) is 18.9 Å². The van der Waals surface area contributed by atoms with E-state index in [1.165, 1.54) is 0 Å².